The molecule has 1 unspecified atom stereocenters. The number of hydrogen-bond donors (Lipinski definition) is 1. The standard InChI is InChI=1S/C16H21NOS/c1-3-9-17-16(14-8-10-18-11-14)12-19-15-6-4-13(2)5-7-15/h4-8,10-11,16-17H,3,9,12H2,1-2H3. The highest BCUT2D eigenvalue weighted by molar-refractivity contribution is 7.99. The number of benzene rings is 1. The first-order chi connectivity index (χ1) is 9.29. The van der Waals surface area contributed by atoms with Gasteiger partial charge in [0.15, 0.2) is 0 Å². The smallest absolute Gasteiger partial charge is 0.0950 e. The number of aryl methyl sites for hydroxylation is 1. The van der Waals surface area contributed by atoms with Crippen LogP contribution in [-0.4, -0.2) is 12.3 Å². The molecule has 19 heavy (non-hydrogen) atoms. The number of nitrogens with one attached hydrogen (secondary N) is 1. The quantitative estimate of drug-likeness (QED) is 0.757. The van der Waals surface area contributed by atoms with Crippen LogP contribution in [0.2, 0.25) is 0 Å². The molecule has 0 aliphatic rings. The maximum atomic E-state index is 5.19. The average molecular weight is 275 g/mol. The van der Waals surface area contributed by atoms with E-state index < -0.39 is 0 Å². The number of hydrogen-bond acceptors (Lipinski definition) is 3. The minimum absolute atomic E-state index is 0.352. The largest absolute Gasteiger partial charge is 0.472 e. The second-order valence-electron chi connectivity index (χ2n) is 4.69. The minimum Gasteiger partial charge on any atom is -0.472 e. The predicted octanol–water partition coefficient (Wildman–Crippen LogP) is 4.42. The number of thioether (sulfide) groups is 1. The second kappa shape index (κ2) is 7.41. The van der Waals surface area contributed by atoms with Crippen molar-refractivity contribution in [2.24, 2.45) is 0 Å². The van der Waals surface area contributed by atoms with Crippen molar-refractivity contribution in [2.75, 3.05) is 12.3 Å². The van der Waals surface area contributed by atoms with Gasteiger partial charge < -0.3 is 9.73 Å². The monoisotopic (exact) mass is 275 g/mol. The number of furan rings is 1. The fourth-order valence-electron chi connectivity index (χ4n) is 1.88. The zero-order chi connectivity index (χ0) is 13.5. The Morgan fingerprint density at radius 2 is 2.00 bits per heavy atom. The molecule has 2 nitrogen and oxygen atoms in total. The van der Waals surface area contributed by atoms with Crippen molar-refractivity contribution in [1.29, 1.82) is 0 Å². The summed E-state index contributed by atoms with van der Waals surface area (Å²) in [6.07, 6.45) is 4.72. The van der Waals surface area contributed by atoms with Gasteiger partial charge in [0.05, 0.1) is 12.5 Å². The molecule has 3 heteroatoms. The van der Waals surface area contributed by atoms with Gasteiger partial charge in [0.1, 0.15) is 0 Å². The highest BCUT2D eigenvalue weighted by atomic mass is 32.2. The van der Waals surface area contributed by atoms with E-state index in [9.17, 15) is 0 Å². The third kappa shape index (κ3) is 4.44. The molecule has 102 valence electrons. The van der Waals surface area contributed by atoms with Crippen LogP contribution in [0, 0.1) is 6.92 Å². The Balaban J connectivity index is 1.94. The normalized spacial score (nSPS) is 12.5. The molecule has 1 aromatic carbocycles. The van der Waals surface area contributed by atoms with Gasteiger partial charge in [-0.05, 0) is 38.1 Å². The van der Waals surface area contributed by atoms with Crippen molar-refractivity contribution in [3.63, 3.8) is 0 Å². The van der Waals surface area contributed by atoms with E-state index in [2.05, 4.69) is 43.4 Å². The molecule has 2 aromatic rings. The molecule has 0 radical (unpaired) electrons. The Labute approximate surface area is 119 Å². The van der Waals surface area contributed by atoms with Crippen molar-refractivity contribution in [3.8, 4) is 0 Å². The summed E-state index contributed by atoms with van der Waals surface area (Å²) < 4.78 is 5.19. The molecule has 0 aliphatic heterocycles. The highest BCUT2D eigenvalue weighted by Crippen LogP contribution is 2.25. The van der Waals surface area contributed by atoms with E-state index in [1.807, 2.05) is 24.1 Å². The minimum atomic E-state index is 0.352. The Bertz CT molecular complexity index is 464. The van der Waals surface area contributed by atoms with Crippen LogP contribution in [0.15, 0.2) is 52.2 Å². The molecule has 1 N–H and O–H groups in total. The molecular formula is C16H21NOS. The molecule has 1 aromatic heterocycles. The summed E-state index contributed by atoms with van der Waals surface area (Å²) >= 11 is 1.88. The van der Waals surface area contributed by atoms with Crippen LogP contribution in [0.5, 0.6) is 0 Å². The van der Waals surface area contributed by atoms with Crippen molar-refractivity contribution in [2.45, 2.75) is 31.2 Å². The molecule has 0 bridgehead atoms. The summed E-state index contributed by atoms with van der Waals surface area (Å²) in [5.74, 6) is 1.02. The van der Waals surface area contributed by atoms with E-state index in [0.717, 1.165) is 18.7 Å². The van der Waals surface area contributed by atoms with Crippen molar-refractivity contribution < 1.29 is 4.42 Å². The van der Waals surface area contributed by atoms with Crippen LogP contribution < -0.4 is 5.32 Å². The maximum absolute atomic E-state index is 5.19. The summed E-state index contributed by atoms with van der Waals surface area (Å²) in [6.45, 7) is 5.34. The zero-order valence-corrected chi connectivity index (χ0v) is 12.4. The van der Waals surface area contributed by atoms with E-state index in [4.69, 9.17) is 4.42 Å². The average Bonchev–Trinajstić information content (AvgIpc) is 2.95. The van der Waals surface area contributed by atoms with Gasteiger partial charge in [-0.15, -0.1) is 11.8 Å². The first kappa shape index (κ1) is 14.2. The fraction of sp³-hybridized carbons (Fsp3) is 0.375. The van der Waals surface area contributed by atoms with Crippen molar-refractivity contribution in [3.05, 3.63) is 54.0 Å². The Morgan fingerprint density at radius 1 is 1.21 bits per heavy atom. The molecule has 0 aliphatic carbocycles. The van der Waals surface area contributed by atoms with Gasteiger partial charge in [-0.1, -0.05) is 24.6 Å². The van der Waals surface area contributed by atoms with E-state index >= 15 is 0 Å². The molecule has 0 fully saturated rings. The van der Waals surface area contributed by atoms with Crippen molar-refractivity contribution >= 4 is 11.8 Å². The van der Waals surface area contributed by atoms with Gasteiger partial charge in [-0.2, -0.15) is 0 Å². The summed E-state index contributed by atoms with van der Waals surface area (Å²) in [4.78, 5) is 1.32. The van der Waals surface area contributed by atoms with E-state index in [1.165, 1.54) is 16.0 Å². The number of rotatable bonds is 7. The Hall–Kier alpha value is -1.19. The highest BCUT2D eigenvalue weighted by Gasteiger charge is 2.12. The maximum Gasteiger partial charge on any atom is 0.0950 e. The zero-order valence-electron chi connectivity index (χ0n) is 11.6. The van der Waals surface area contributed by atoms with Crippen LogP contribution in [0.1, 0.15) is 30.5 Å². The summed E-state index contributed by atoms with van der Waals surface area (Å²) in [6, 6.07) is 11.1. The molecule has 2 rings (SSSR count). The Kier molecular flexibility index (Phi) is 5.55. The van der Waals surface area contributed by atoms with Crippen LogP contribution in [-0.2, 0) is 0 Å². The van der Waals surface area contributed by atoms with E-state index in [-0.39, 0.29) is 0 Å². The van der Waals surface area contributed by atoms with Crippen LogP contribution >= 0.6 is 11.8 Å². The van der Waals surface area contributed by atoms with Gasteiger partial charge in [0.25, 0.3) is 0 Å². The third-order valence-corrected chi connectivity index (χ3v) is 4.13. The lowest BCUT2D eigenvalue weighted by Crippen LogP contribution is -2.23. The molecular weight excluding hydrogens is 254 g/mol. The molecule has 0 saturated heterocycles. The van der Waals surface area contributed by atoms with Gasteiger partial charge in [0.2, 0.25) is 0 Å². The summed E-state index contributed by atoms with van der Waals surface area (Å²) in [5, 5.41) is 3.57. The van der Waals surface area contributed by atoms with Gasteiger partial charge in [-0.3, -0.25) is 0 Å². The van der Waals surface area contributed by atoms with Gasteiger partial charge in [0, 0.05) is 22.3 Å². The van der Waals surface area contributed by atoms with Crippen LogP contribution in [0.4, 0.5) is 0 Å². The third-order valence-electron chi connectivity index (χ3n) is 3.02. The van der Waals surface area contributed by atoms with E-state index in [0.29, 0.717) is 6.04 Å². The Morgan fingerprint density at radius 3 is 2.63 bits per heavy atom. The first-order valence-electron chi connectivity index (χ1n) is 6.74. The van der Waals surface area contributed by atoms with E-state index in [1.54, 1.807) is 6.26 Å². The van der Waals surface area contributed by atoms with Crippen LogP contribution in [0.25, 0.3) is 0 Å². The summed E-state index contributed by atoms with van der Waals surface area (Å²) in [7, 11) is 0. The lowest BCUT2D eigenvalue weighted by Gasteiger charge is -2.16. The van der Waals surface area contributed by atoms with Crippen molar-refractivity contribution in [1.82, 2.24) is 5.32 Å². The first-order valence-corrected chi connectivity index (χ1v) is 7.73. The molecule has 0 spiro atoms. The van der Waals surface area contributed by atoms with Gasteiger partial charge >= 0.3 is 0 Å². The fourth-order valence-corrected chi connectivity index (χ4v) is 2.88. The topological polar surface area (TPSA) is 25.2 Å². The predicted molar refractivity (Wildman–Crippen MR) is 81.6 cm³/mol. The van der Waals surface area contributed by atoms with Gasteiger partial charge in [-0.25, -0.2) is 0 Å². The molecule has 0 saturated carbocycles. The lowest BCUT2D eigenvalue weighted by molar-refractivity contribution is 0.541. The SMILES string of the molecule is CCCNC(CSc1ccc(C)cc1)c1ccoc1. The summed E-state index contributed by atoms with van der Waals surface area (Å²) in [5.41, 5.74) is 2.54. The molecule has 0 amide bonds. The van der Waals surface area contributed by atoms with Crippen LogP contribution in [0.3, 0.4) is 0 Å². The molecule has 1 atom stereocenters. The lowest BCUT2D eigenvalue weighted by atomic mass is 10.2. The second-order valence-corrected chi connectivity index (χ2v) is 5.78. The molecule has 1 heterocycles.